The summed E-state index contributed by atoms with van der Waals surface area (Å²) in [5.74, 6) is -1.40. The summed E-state index contributed by atoms with van der Waals surface area (Å²) in [7, 11) is 0. The van der Waals surface area contributed by atoms with Crippen LogP contribution in [0.15, 0.2) is 54.6 Å². The van der Waals surface area contributed by atoms with Crippen LogP contribution in [0.3, 0.4) is 0 Å². The highest BCUT2D eigenvalue weighted by Crippen LogP contribution is 2.32. The topological polar surface area (TPSA) is 20.2 Å². The van der Waals surface area contributed by atoms with Crippen molar-refractivity contribution in [2.75, 3.05) is 0 Å². The molecule has 0 saturated carbocycles. The van der Waals surface area contributed by atoms with Gasteiger partial charge in [-0.2, -0.15) is 0 Å². The lowest BCUT2D eigenvalue weighted by atomic mass is 9.92. The van der Waals surface area contributed by atoms with Gasteiger partial charge in [0.2, 0.25) is 0 Å². The van der Waals surface area contributed by atoms with Crippen LogP contribution in [-0.4, -0.2) is 5.11 Å². The van der Waals surface area contributed by atoms with E-state index in [1.54, 1.807) is 0 Å². The van der Waals surface area contributed by atoms with Gasteiger partial charge in [-0.3, -0.25) is 0 Å². The van der Waals surface area contributed by atoms with Crippen LogP contribution in [0.25, 0.3) is 10.8 Å². The number of rotatable bonds is 2. The minimum Gasteiger partial charge on any atom is -0.384 e. The van der Waals surface area contributed by atoms with Gasteiger partial charge in [0.25, 0.3) is 0 Å². The second kappa shape index (κ2) is 5.26. The lowest BCUT2D eigenvalue weighted by Crippen LogP contribution is -2.06. The Bertz CT molecular complexity index is 811. The maximum atomic E-state index is 13.9. The molecule has 3 aromatic carbocycles. The first-order valence-corrected chi connectivity index (χ1v) is 6.69. The van der Waals surface area contributed by atoms with Crippen molar-refractivity contribution in [2.45, 2.75) is 13.0 Å². The first kappa shape index (κ1) is 13.7. The third-order valence-corrected chi connectivity index (χ3v) is 3.72. The van der Waals surface area contributed by atoms with Crippen LogP contribution < -0.4 is 0 Å². The molecule has 0 aliphatic rings. The minimum absolute atomic E-state index is 0.0795. The highest BCUT2D eigenvalue weighted by Gasteiger charge is 2.19. The zero-order chi connectivity index (χ0) is 15.0. The fourth-order valence-corrected chi connectivity index (χ4v) is 2.65. The monoisotopic (exact) mass is 284 g/mol. The summed E-state index contributed by atoms with van der Waals surface area (Å²) >= 11 is 0. The molecular formula is C18H14F2O. The summed E-state index contributed by atoms with van der Waals surface area (Å²) in [6.45, 7) is 1.87. The van der Waals surface area contributed by atoms with Crippen molar-refractivity contribution in [3.63, 3.8) is 0 Å². The zero-order valence-corrected chi connectivity index (χ0v) is 11.5. The van der Waals surface area contributed by atoms with Gasteiger partial charge in [0.1, 0.15) is 17.7 Å². The van der Waals surface area contributed by atoms with Crippen molar-refractivity contribution in [3.8, 4) is 0 Å². The molecule has 0 aliphatic heterocycles. The molecular weight excluding hydrogens is 270 g/mol. The molecule has 106 valence electrons. The van der Waals surface area contributed by atoms with E-state index in [-0.39, 0.29) is 5.56 Å². The first-order chi connectivity index (χ1) is 10.1. The standard InChI is InChI=1S/C18H14F2O/c1-11-6-7-12-4-2-3-5-14(12)17(11)18(21)15-9-8-13(19)10-16(15)20/h2-10,18,21H,1H3. The first-order valence-electron chi connectivity index (χ1n) is 6.69. The maximum absolute atomic E-state index is 13.9. The second-order valence-corrected chi connectivity index (χ2v) is 5.09. The minimum atomic E-state index is -1.13. The van der Waals surface area contributed by atoms with Crippen molar-refractivity contribution < 1.29 is 13.9 Å². The molecule has 0 aliphatic carbocycles. The largest absolute Gasteiger partial charge is 0.384 e. The van der Waals surface area contributed by atoms with E-state index in [9.17, 15) is 13.9 Å². The molecule has 1 N–H and O–H groups in total. The van der Waals surface area contributed by atoms with Gasteiger partial charge in [-0.1, -0.05) is 42.5 Å². The zero-order valence-electron chi connectivity index (χ0n) is 11.5. The quantitative estimate of drug-likeness (QED) is 0.734. The van der Waals surface area contributed by atoms with Gasteiger partial charge in [-0.25, -0.2) is 8.78 Å². The molecule has 0 heterocycles. The smallest absolute Gasteiger partial charge is 0.132 e. The fourth-order valence-electron chi connectivity index (χ4n) is 2.65. The van der Waals surface area contributed by atoms with Crippen LogP contribution in [0.1, 0.15) is 22.8 Å². The molecule has 0 saturated heterocycles. The number of aliphatic hydroxyl groups is 1. The summed E-state index contributed by atoms with van der Waals surface area (Å²) < 4.78 is 26.9. The van der Waals surface area contributed by atoms with E-state index >= 15 is 0 Å². The molecule has 0 aromatic heterocycles. The summed E-state index contributed by atoms with van der Waals surface area (Å²) in [5.41, 5.74) is 1.60. The van der Waals surface area contributed by atoms with E-state index in [1.807, 2.05) is 43.3 Å². The van der Waals surface area contributed by atoms with E-state index in [1.165, 1.54) is 6.07 Å². The van der Waals surface area contributed by atoms with Gasteiger partial charge in [-0.15, -0.1) is 0 Å². The van der Waals surface area contributed by atoms with Gasteiger partial charge < -0.3 is 5.11 Å². The molecule has 3 heteroatoms. The van der Waals surface area contributed by atoms with Gasteiger partial charge in [0.05, 0.1) is 0 Å². The van der Waals surface area contributed by atoms with Gasteiger partial charge in [0, 0.05) is 11.6 Å². The summed E-state index contributed by atoms with van der Waals surface area (Å²) in [6.07, 6.45) is -1.13. The molecule has 0 amide bonds. The predicted octanol–water partition coefficient (Wildman–Crippen LogP) is 4.51. The van der Waals surface area contributed by atoms with Crippen molar-refractivity contribution in [2.24, 2.45) is 0 Å². The molecule has 0 radical (unpaired) electrons. The molecule has 21 heavy (non-hydrogen) atoms. The summed E-state index contributed by atoms with van der Waals surface area (Å²) in [5, 5.41) is 12.4. The molecule has 1 unspecified atom stereocenters. The number of hydrogen-bond acceptors (Lipinski definition) is 1. The number of hydrogen-bond donors (Lipinski definition) is 1. The number of fused-ring (bicyclic) bond motifs is 1. The summed E-state index contributed by atoms with van der Waals surface area (Å²) in [4.78, 5) is 0. The number of halogens is 2. The highest BCUT2D eigenvalue weighted by atomic mass is 19.1. The van der Waals surface area contributed by atoms with Crippen LogP contribution in [0.2, 0.25) is 0 Å². The van der Waals surface area contributed by atoms with Crippen LogP contribution >= 0.6 is 0 Å². The molecule has 0 fully saturated rings. The van der Waals surface area contributed by atoms with Crippen LogP contribution in [0, 0.1) is 18.6 Å². The van der Waals surface area contributed by atoms with Crippen molar-refractivity contribution in [1.82, 2.24) is 0 Å². The Morgan fingerprint density at radius 2 is 1.71 bits per heavy atom. The number of aryl methyl sites for hydroxylation is 1. The Labute approximate surface area is 121 Å². The number of aliphatic hydroxyl groups excluding tert-OH is 1. The molecule has 0 bridgehead atoms. The lowest BCUT2D eigenvalue weighted by Gasteiger charge is -2.17. The molecule has 1 nitrogen and oxygen atoms in total. The second-order valence-electron chi connectivity index (χ2n) is 5.09. The number of benzene rings is 3. The van der Waals surface area contributed by atoms with Crippen molar-refractivity contribution >= 4 is 10.8 Å². The van der Waals surface area contributed by atoms with Crippen LogP contribution in [-0.2, 0) is 0 Å². The Morgan fingerprint density at radius 3 is 2.48 bits per heavy atom. The fraction of sp³-hybridized carbons (Fsp3) is 0.111. The Morgan fingerprint density at radius 1 is 0.952 bits per heavy atom. The molecule has 3 rings (SSSR count). The van der Waals surface area contributed by atoms with E-state index in [0.29, 0.717) is 5.56 Å². The Hall–Kier alpha value is -2.26. The van der Waals surface area contributed by atoms with Gasteiger partial charge >= 0.3 is 0 Å². The highest BCUT2D eigenvalue weighted by molar-refractivity contribution is 5.87. The molecule has 0 spiro atoms. The average Bonchev–Trinajstić information content (AvgIpc) is 2.46. The van der Waals surface area contributed by atoms with E-state index in [0.717, 1.165) is 28.5 Å². The Kier molecular flexibility index (Phi) is 3.43. The maximum Gasteiger partial charge on any atom is 0.132 e. The predicted molar refractivity (Wildman–Crippen MR) is 79.1 cm³/mol. The van der Waals surface area contributed by atoms with Crippen LogP contribution in [0.5, 0.6) is 0 Å². The van der Waals surface area contributed by atoms with Gasteiger partial charge in [0.15, 0.2) is 0 Å². The van der Waals surface area contributed by atoms with Crippen molar-refractivity contribution in [3.05, 3.63) is 82.9 Å². The SMILES string of the molecule is Cc1ccc2ccccc2c1C(O)c1ccc(F)cc1F. The lowest BCUT2D eigenvalue weighted by molar-refractivity contribution is 0.215. The third-order valence-electron chi connectivity index (χ3n) is 3.72. The normalized spacial score (nSPS) is 12.6. The summed E-state index contributed by atoms with van der Waals surface area (Å²) in [6, 6.07) is 14.7. The van der Waals surface area contributed by atoms with Gasteiger partial charge in [-0.05, 0) is 34.9 Å². The van der Waals surface area contributed by atoms with E-state index in [2.05, 4.69) is 0 Å². The van der Waals surface area contributed by atoms with E-state index < -0.39 is 17.7 Å². The van der Waals surface area contributed by atoms with E-state index in [4.69, 9.17) is 0 Å². The third kappa shape index (κ3) is 2.41. The molecule has 1 atom stereocenters. The molecule has 3 aromatic rings. The van der Waals surface area contributed by atoms with Crippen molar-refractivity contribution in [1.29, 1.82) is 0 Å². The average molecular weight is 284 g/mol. The Balaban J connectivity index is 2.21. The van der Waals surface area contributed by atoms with Crippen LogP contribution in [0.4, 0.5) is 8.78 Å².